The van der Waals surface area contributed by atoms with Gasteiger partial charge in [0.25, 0.3) is 5.91 Å². The summed E-state index contributed by atoms with van der Waals surface area (Å²) < 4.78 is 31.9. The molecule has 1 amide bonds. The van der Waals surface area contributed by atoms with E-state index in [9.17, 15) is 13.6 Å². The van der Waals surface area contributed by atoms with Gasteiger partial charge in [0.05, 0.1) is 19.0 Å². The van der Waals surface area contributed by atoms with Crippen LogP contribution in [0.25, 0.3) is 0 Å². The van der Waals surface area contributed by atoms with Crippen LogP contribution in [0.3, 0.4) is 0 Å². The topological polar surface area (TPSA) is 70.6 Å². The van der Waals surface area contributed by atoms with E-state index in [1.165, 1.54) is 19.2 Å². The smallest absolute Gasteiger partial charge is 0.261 e. The first-order valence-corrected chi connectivity index (χ1v) is 10.6. The number of pyridine rings is 2. The lowest BCUT2D eigenvalue weighted by Gasteiger charge is -2.36. The van der Waals surface area contributed by atoms with Gasteiger partial charge >= 0.3 is 0 Å². The van der Waals surface area contributed by atoms with Gasteiger partial charge in [-0.3, -0.25) is 9.69 Å². The van der Waals surface area contributed by atoms with E-state index in [-0.39, 0.29) is 17.3 Å². The van der Waals surface area contributed by atoms with Gasteiger partial charge in [-0.2, -0.15) is 0 Å². The van der Waals surface area contributed by atoms with Crippen LogP contribution in [0.2, 0.25) is 0 Å². The molecule has 3 heterocycles. The summed E-state index contributed by atoms with van der Waals surface area (Å²) in [6.45, 7) is 5.64. The molecule has 0 spiro atoms. The maximum absolute atomic E-state index is 13.7. The number of benzene rings is 1. The van der Waals surface area contributed by atoms with Gasteiger partial charge in [0.15, 0.2) is 5.82 Å². The molecule has 1 aliphatic heterocycles. The van der Waals surface area contributed by atoms with Crippen LogP contribution >= 0.6 is 0 Å². The molecule has 2 aromatic heterocycles. The number of amides is 1. The molecule has 1 N–H and O–H groups in total. The fraction of sp³-hybridized carbons (Fsp3) is 0.292. The van der Waals surface area contributed by atoms with E-state index in [4.69, 9.17) is 4.74 Å². The number of halogens is 2. The molecule has 0 atom stereocenters. The first-order valence-electron chi connectivity index (χ1n) is 10.6. The predicted octanol–water partition coefficient (Wildman–Crippen LogP) is 3.65. The minimum Gasteiger partial charge on any atom is -0.480 e. The number of hydrogen-bond donors (Lipinski definition) is 1. The second kappa shape index (κ2) is 9.91. The van der Waals surface area contributed by atoms with E-state index in [0.29, 0.717) is 24.6 Å². The minimum absolute atomic E-state index is 0.00754. The molecule has 7 nitrogen and oxygen atoms in total. The lowest BCUT2D eigenvalue weighted by Crippen LogP contribution is -2.46. The predicted molar refractivity (Wildman–Crippen MR) is 122 cm³/mol. The third kappa shape index (κ3) is 5.43. The number of anilines is 2. The Kier molecular flexibility index (Phi) is 6.79. The Morgan fingerprint density at radius 3 is 2.48 bits per heavy atom. The lowest BCUT2D eigenvalue weighted by molar-refractivity contribution is 0.102. The number of nitrogens with one attached hydrogen (secondary N) is 1. The van der Waals surface area contributed by atoms with Crippen molar-refractivity contribution in [3.05, 3.63) is 77.1 Å². The summed E-state index contributed by atoms with van der Waals surface area (Å²) in [5.74, 6) is -0.686. The zero-order valence-electron chi connectivity index (χ0n) is 18.5. The van der Waals surface area contributed by atoms with Crippen LogP contribution in [0.15, 0.2) is 48.7 Å². The number of nitrogens with zero attached hydrogens (tertiary/aromatic N) is 4. The highest BCUT2D eigenvalue weighted by molar-refractivity contribution is 6.07. The van der Waals surface area contributed by atoms with Gasteiger partial charge in [-0.05, 0) is 42.8 Å². The molecule has 1 aliphatic rings. The van der Waals surface area contributed by atoms with Crippen molar-refractivity contribution in [1.29, 1.82) is 0 Å². The molecule has 9 heteroatoms. The number of ether oxygens (including phenoxy) is 1. The normalized spacial score (nSPS) is 14.2. The van der Waals surface area contributed by atoms with Crippen LogP contribution in [-0.4, -0.2) is 54.1 Å². The molecule has 1 aromatic carbocycles. The van der Waals surface area contributed by atoms with Crippen molar-refractivity contribution < 1.29 is 18.3 Å². The standard InChI is InChI=1S/C24H25F2N5O2/c1-16-3-8-21(29-23(32)20-13-19(26)14-27-24(20)33-2)22(28-16)31-11-9-30(10-12-31)15-17-4-6-18(25)7-5-17/h3-8,13-14H,9-12,15H2,1-2H3,(H,29,32). The first-order chi connectivity index (χ1) is 15.9. The molecule has 4 rings (SSSR count). The molecular weight excluding hydrogens is 428 g/mol. The molecule has 1 saturated heterocycles. The summed E-state index contributed by atoms with van der Waals surface area (Å²) in [6.07, 6.45) is 1.000. The quantitative estimate of drug-likeness (QED) is 0.615. The SMILES string of the molecule is COc1ncc(F)cc1C(=O)Nc1ccc(C)nc1N1CCN(Cc2ccc(F)cc2)CC1. The monoisotopic (exact) mass is 453 g/mol. The van der Waals surface area contributed by atoms with Crippen LogP contribution in [0.5, 0.6) is 5.88 Å². The Labute approximate surface area is 191 Å². The summed E-state index contributed by atoms with van der Waals surface area (Å²) >= 11 is 0. The Morgan fingerprint density at radius 1 is 1.06 bits per heavy atom. The second-order valence-electron chi connectivity index (χ2n) is 7.88. The third-order valence-electron chi connectivity index (χ3n) is 5.51. The van der Waals surface area contributed by atoms with Crippen molar-refractivity contribution >= 4 is 17.4 Å². The van der Waals surface area contributed by atoms with E-state index < -0.39 is 11.7 Å². The van der Waals surface area contributed by atoms with Crippen molar-refractivity contribution in [2.75, 3.05) is 43.5 Å². The zero-order chi connectivity index (χ0) is 23.4. The number of carbonyl (C=O) groups excluding carboxylic acids is 1. The highest BCUT2D eigenvalue weighted by Gasteiger charge is 2.23. The summed E-state index contributed by atoms with van der Waals surface area (Å²) in [6, 6.07) is 11.2. The summed E-state index contributed by atoms with van der Waals surface area (Å²) in [5.41, 5.74) is 2.42. The van der Waals surface area contributed by atoms with E-state index in [0.717, 1.165) is 43.2 Å². The van der Waals surface area contributed by atoms with Crippen LogP contribution in [0.4, 0.5) is 20.3 Å². The van der Waals surface area contributed by atoms with Gasteiger partial charge in [0, 0.05) is 38.4 Å². The molecular formula is C24H25F2N5O2. The van der Waals surface area contributed by atoms with Crippen molar-refractivity contribution in [2.45, 2.75) is 13.5 Å². The lowest BCUT2D eigenvalue weighted by atomic mass is 10.2. The molecule has 33 heavy (non-hydrogen) atoms. The summed E-state index contributed by atoms with van der Waals surface area (Å²) in [7, 11) is 1.38. The number of piperazine rings is 1. The van der Waals surface area contributed by atoms with E-state index in [2.05, 4.69) is 25.1 Å². The largest absolute Gasteiger partial charge is 0.480 e. The number of methoxy groups -OCH3 is 1. The number of carbonyl (C=O) groups is 1. The fourth-order valence-electron chi connectivity index (χ4n) is 3.79. The van der Waals surface area contributed by atoms with Gasteiger partial charge < -0.3 is 15.0 Å². The van der Waals surface area contributed by atoms with Gasteiger partial charge in [0.2, 0.25) is 5.88 Å². The Hall–Kier alpha value is -3.59. The van der Waals surface area contributed by atoms with Gasteiger partial charge in [-0.15, -0.1) is 0 Å². The molecule has 3 aromatic rings. The van der Waals surface area contributed by atoms with Crippen LogP contribution in [0, 0.1) is 18.6 Å². The van der Waals surface area contributed by atoms with Crippen molar-refractivity contribution in [3.8, 4) is 5.88 Å². The molecule has 0 aliphatic carbocycles. The first kappa shape index (κ1) is 22.6. The number of rotatable bonds is 6. The van der Waals surface area contributed by atoms with Gasteiger partial charge in [-0.1, -0.05) is 12.1 Å². The number of aryl methyl sites for hydroxylation is 1. The molecule has 0 bridgehead atoms. The number of aromatic nitrogens is 2. The highest BCUT2D eigenvalue weighted by Crippen LogP contribution is 2.27. The van der Waals surface area contributed by atoms with Crippen molar-refractivity contribution in [2.24, 2.45) is 0 Å². The highest BCUT2D eigenvalue weighted by atomic mass is 19.1. The second-order valence-corrected chi connectivity index (χ2v) is 7.88. The van der Waals surface area contributed by atoms with Crippen molar-refractivity contribution in [3.63, 3.8) is 0 Å². The van der Waals surface area contributed by atoms with Crippen molar-refractivity contribution in [1.82, 2.24) is 14.9 Å². The summed E-state index contributed by atoms with van der Waals surface area (Å²) in [4.78, 5) is 25.8. The molecule has 0 radical (unpaired) electrons. The van der Waals surface area contributed by atoms with E-state index >= 15 is 0 Å². The van der Waals surface area contributed by atoms with Crippen LogP contribution in [0.1, 0.15) is 21.6 Å². The fourth-order valence-corrected chi connectivity index (χ4v) is 3.79. The molecule has 172 valence electrons. The van der Waals surface area contributed by atoms with E-state index in [1.807, 2.05) is 13.0 Å². The number of hydrogen-bond acceptors (Lipinski definition) is 6. The summed E-state index contributed by atoms with van der Waals surface area (Å²) in [5, 5.41) is 2.83. The van der Waals surface area contributed by atoms with E-state index in [1.54, 1.807) is 18.2 Å². The average Bonchev–Trinajstić information content (AvgIpc) is 2.82. The van der Waals surface area contributed by atoms with Gasteiger partial charge in [-0.25, -0.2) is 18.7 Å². The average molecular weight is 453 g/mol. The maximum atomic E-state index is 13.7. The van der Waals surface area contributed by atoms with Crippen LogP contribution in [-0.2, 0) is 6.54 Å². The molecule has 0 saturated carbocycles. The molecule has 1 fully saturated rings. The Balaban J connectivity index is 1.47. The molecule has 0 unspecified atom stereocenters. The Bertz CT molecular complexity index is 1130. The maximum Gasteiger partial charge on any atom is 0.261 e. The van der Waals surface area contributed by atoms with Crippen LogP contribution < -0.4 is 15.0 Å². The zero-order valence-corrected chi connectivity index (χ0v) is 18.5. The third-order valence-corrected chi connectivity index (χ3v) is 5.51. The van der Waals surface area contributed by atoms with Gasteiger partial charge in [0.1, 0.15) is 17.2 Å². The minimum atomic E-state index is -0.625. The Morgan fingerprint density at radius 2 is 1.79 bits per heavy atom.